The Labute approximate surface area is 104 Å². The lowest BCUT2D eigenvalue weighted by Crippen LogP contribution is -1.84. The summed E-state index contributed by atoms with van der Waals surface area (Å²) in [5.41, 5.74) is 0.868. The summed E-state index contributed by atoms with van der Waals surface area (Å²) in [5, 5.41) is 7.48. The molecular formula is C14H10N2O2. The number of hydrogen-bond donors (Lipinski definition) is 0. The lowest BCUT2D eigenvalue weighted by Gasteiger charge is -2.05. The minimum Gasteiger partial charge on any atom is -0.457 e. The number of hydrogen-bond acceptors (Lipinski definition) is 4. The maximum Gasteiger partial charge on any atom is 0.247 e. The van der Waals surface area contributed by atoms with Crippen LogP contribution in [-0.4, -0.2) is 10.2 Å². The third-order valence-electron chi connectivity index (χ3n) is 2.44. The molecule has 3 aromatic rings. The van der Waals surface area contributed by atoms with Gasteiger partial charge in [0.15, 0.2) is 0 Å². The number of rotatable bonds is 3. The maximum absolute atomic E-state index is 5.68. The van der Waals surface area contributed by atoms with Crippen molar-refractivity contribution in [3.05, 3.63) is 61.0 Å². The van der Waals surface area contributed by atoms with Crippen LogP contribution in [0.5, 0.6) is 11.5 Å². The van der Waals surface area contributed by atoms with Crippen LogP contribution in [0.3, 0.4) is 0 Å². The van der Waals surface area contributed by atoms with Crippen LogP contribution in [0.15, 0.2) is 65.4 Å². The molecule has 0 spiro atoms. The normalized spacial score (nSPS) is 10.2. The highest BCUT2D eigenvalue weighted by atomic mass is 16.5. The van der Waals surface area contributed by atoms with Gasteiger partial charge in [-0.25, -0.2) is 0 Å². The monoisotopic (exact) mass is 238 g/mol. The molecule has 0 N–H and O–H groups in total. The van der Waals surface area contributed by atoms with Crippen LogP contribution in [0.4, 0.5) is 0 Å². The first-order chi connectivity index (χ1) is 8.92. The van der Waals surface area contributed by atoms with Crippen molar-refractivity contribution < 1.29 is 9.15 Å². The van der Waals surface area contributed by atoms with E-state index in [1.54, 1.807) is 0 Å². The Morgan fingerprint density at radius 2 is 1.56 bits per heavy atom. The molecule has 0 bridgehead atoms. The lowest BCUT2D eigenvalue weighted by molar-refractivity contribution is 0.482. The third-order valence-corrected chi connectivity index (χ3v) is 2.44. The van der Waals surface area contributed by atoms with E-state index in [1.165, 1.54) is 6.39 Å². The Morgan fingerprint density at radius 3 is 2.22 bits per heavy atom. The summed E-state index contributed by atoms with van der Waals surface area (Å²) in [7, 11) is 0. The fourth-order valence-electron chi connectivity index (χ4n) is 1.59. The Bertz CT molecular complexity index is 604. The summed E-state index contributed by atoms with van der Waals surface area (Å²) in [6.07, 6.45) is 1.31. The fraction of sp³-hybridized carbons (Fsp3) is 0. The quantitative estimate of drug-likeness (QED) is 0.700. The molecule has 0 unspecified atom stereocenters. The van der Waals surface area contributed by atoms with Crippen molar-refractivity contribution in [3.8, 4) is 23.0 Å². The standard InChI is InChI=1S/C14H10N2O2/c1-2-4-12(5-3-1)18-13-8-6-11(7-9-13)14-16-15-10-17-14/h1-10H. The molecule has 0 fully saturated rings. The van der Waals surface area contributed by atoms with Crippen LogP contribution in [0.2, 0.25) is 0 Å². The van der Waals surface area contributed by atoms with Gasteiger partial charge in [0.2, 0.25) is 12.3 Å². The van der Waals surface area contributed by atoms with Crippen LogP contribution in [0.1, 0.15) is 0 Å². The van der Waals surface area contributed by atoms with E-state index < -0.39 is 0 Å². The molecule has 0 saturated carbocycles. The predicted molar refractivity (Wildman–Crippen MR) is 66.3 cm³/mol. The van der Waals surface area contributed by atoms with Crippen molar-refractivity contribution in [1.29, 1.82) is 0 Å². The number of benzene rings is 2. The molecule has 0 radical (unpaired) electrons. The second-order valence-electron chi connectivity index (χ2n) is 3.68. The lowest BCUT2D eigenvalue weighted by atomic mass is 10.2. The molecule has 0 aliphatic carbocycles. The highest BCUT2D eigenvalue weighted by Crippen LogP contribution is 2.24. The molecule has 0 amide bonds. The van der Waals surface area contributed by atoms with Gasteiger partial charge in [0.05, 0.1) is 0 Å². The van der Waals surface area contributed by atoms with Crippen molar-refractivity contribution in [3.63, 3.8) is 0 Å². The smallest absolute Gasteiger partial charge is 0.247 e. The zero-order valence-corrected chi connectivity index (χ0v) is 9.48. The molecule has 18 heavy (non-hydrogen) atoms. The van der Waals surface area contributed by atoms with E-state index in [0.29, 0.717) is 5.89 Å². The summed E-state index contributed by atoms with van der Waals surface area (Å²) >= 11 is 0. The number of aromatic nitrogens is 2. The maximum atomic E-state index is 5.68. The average molecular weight is 238 g/mol. The van der Waals surface area contributed by atoms with Crippen molar-refractivity contribution in [2.24, 2.45) is 0 Å². The van der Waals surface area contributed by atoms with E-state index in [4.69, 9.17) is 9.15 Å². The molecule has 4 nitrogen and oxygen atoms in total. The summed E-state index contributed by atoms with van der Waals surface area (Å²) in [4.78, 5) is 0. The second kappa shape index (κ2) is 4.71. The third kappa shape index (κ3) is 2.22. The van der Waals surface area contributed by atoms with Gasteiger partial charge in [0, 0.05) is 5.56 Å². The first-order valence-electron chi connectivity index (χ1n) is 5.51. The molecule has 2 aromatic carbocycles. The molecule has 88 valence electrons. The van der Waals surface area contributed by atoms with Gasteiger partial charge < -0.3 is 9.15 Å². The zero-order valence-electron chi connectivity index (χ0n) is 9.48. The van der Waals surface area contributed by atoms with E-state index in [-0.39, 0.29) is 0 Å². The van der Waals surface area contributed by atoms with E-state index in [9.17, 15) is 0 Å². The van der Waals surface area contributed by atoms with Gasteiger partial charge in [-0.1, -0.05) is 18.2 Å². The molecule has 3 rings (SSSR count). The molecule has 0 saturated heterocycles. The summed E-state index contributed by atoms with van der Waals surface area (Å²) in [6, 6.07) is 17.1. The average Bonchev–Trinajstić information content (AvgIpc) is 2.95. The molecule has 0 aliphatic rings. The van der Waals surface area contributed by atoms with Gasteiger partial charge in [-0.15, -0.1) is 10.2 Å². The van der Waals surface area contributed by atoms with Gasteiger partial charge in [-0.2, -0.15) is 0 Å². The van der Waals surface area contributed by atoms with Crippen LogP contribution in [0, 0.1) is 0 Å². The van der Waals surface area contributed by atoms with E-state index in [2.05, 4.69) is 10.2 Å². The topological polar surface area (TPSA) is 48.2 Å². The molecule has 1 aromatic heterocycles. The zero-order chi connectivity index (χ0) is 12.2. The second-order valence-corrected chi connectivity index (χ2v) is 3.68. The number of nitrogens with zero attached hydrogens (tertiary/aromatic N) is 2. The van der Waals surface area contributed by atoms with Gasteiger partial charge in [-0.05, 0) is 36.4 Å². The largest absolute Gasteiger partial charge is 0.457 e. The molecule has 0 atom stereocenters. The van der Waals surface area contributed by atoms with Gasteiger partial charge >= 0.3 is 0 Å². The van der Waals surface area contributed by atoms with Crippen molar-refractivity contribution in [2.75, 3.05) is 0 Å². The minimum absolute atomic E-state index is 0.501. The highest BCUT2D eigenvalue weighted by molar-refractivity contribution is 5.54. The first kappa shape index (κ1) is 10.5. The Kier molecular flexibility index (Phi) is 2.75. The van der Waals surface area contributed by atoms with Crippen LogP contribution in [-0.2, 0) is 0 Å². The van der Waals surface area contributed by atoms with Crippen molar-refractivity contribution in [2.45, 2.75) is 0 Å². The van der Waals surface area contributed by atoms with Gasteiger partial charge in [0.25, 0.3) is 0 Å². The van der Waals surface area contributed by atoms with Crippen molar-refractivity contribution in [1.82, 2.24) is 10.2 Å². The Hall–Kier alpha value is -2.62. The molecule has 4 heteroatoms. The molecule has 1 heterocycles. The van der Waals surface area contributed by atoms with Gasteiger partial charge in [-0.3, -0.25) is 0 Å². The fourth-order valence-corrected chi connectivity index (χ4v) is 1.59. The number of ether oxygens (including phenoxy) is 1. The Morgan fingerprint density at radius 1 is 0.833 bits per heavy atom. The molecule has 0 aliphatic heterocycles. The van der Waals surface area contributed by atoms with E-state index in [0.717, 1.165) is 17.1 Å². The summed E-state index contributed by atoms with van der Waals surface area (Å²) in [6.45, 7) is 0. The summed E-state index contributed by atoms with van der Waals surface area (Å²) < 4.78 is 10.8. The van der Waals surface area contributed by atoms with Crippen LogP contribution < -0.4 is 4.74 Å². The van der Waals surface area contributed by atoms with E-state index >= 15 is 0 Å². The molecular weight excluding hydrogens is 228 g/mol. The minimum atomic E-state index is 0.501. The SMILES string of the molecule is c1ccc(Oc2ccc(-c3nnco3)cc2)cc1. The van der Waals surface area contributed by atoms with Crippen molar-refractivity contribution >= 4 is 0 Å². The summed E-state index contributed by atoms with van der Waals surface area (Å²) in [5.74, 6) is 2.08. The number of para-hydroxylation sites is 1. The predicted octanol–water partition coefficient (Wildman–Crippen LogP) is 3.53. The highest BCUT2D eigenvalue weighted by Gasteiger charge is 2.03. The van der Waals surface area contributed by atoms with Crippen LogP contribution >= 0.6 is 0 Å². The van der Waals surface area contributed by atoms with Gasteiger partial charge in [0.1, 0.15) is 11.5 Å². The van der Waals surface area contributed by atoms with Crippen LogP contribution in [0.25, 0.3) is 11.5 Å². The Balaban J connectivity index is 1.80. The van der Waals surface area contributed by atoms with E-state index in [1.807, 2.05) is 54.6 Å². The first-order valence-corrected chi connectivity index (χ1v) is 5.51.